The van der Waals surface area contributed by atoms with Crippen molar-refractivity contribution in [2.45, 2.75) is 31.6 Å². The van der Waals surface area contributed by atoms with E-state index in [1.54, 1.807) is 35.6 Å². The van der Waals surface area contributed by atoms with Gasteiger partial charge in [0, 0.05) is 30.5 Å². The molecule has 0 atom stereocenters. The predicted molar refractivity (Wildman–Crippen MR) is 95.6 cm³/mol. The summed E-state index contributed by atoms with van der Waals surface area (Å²) in [5.41, 5.74) is 1.01. The van der Waals surface area contributed by atoms with Crippen LogP contribution in [0.25, 0.3) is 0 Å². The van der Waals surface area contributed by atoms with Gasteiger partial charge >= 0.3 is 0 Å². The Morgan fingerprint density at radius 2 is 1.67 bits per heavy atom. The van der Waals surface area contributed by atoms with Gasteiger partial charge in [-0.05, 0) is 38.1 Å². The Kier molecular flexibility index (Phi) is 6.54. The summed E-state index contributed by atoms with van der Waals surface area (Å²) in [5, 5.41) is 0. The summed E-state index contributed by atoms with van der Waals surface area (Å²) in [4.78, 5) is 2.40. The number of nitrogens with zero attached hydrogens (tertiary/aromatic N) is 1. The topological polar surface area (TPSA) is 55.8 Å². The van der Waals surface area contributed by atoms with Crippen LogP contribution in [0.3, 0.4) is 0 Å². The summed E-state index contributed by atoms with van der Waals surface area (Å²) >= 11 is 1.58. The minimum absolute atomic E-state index is 0.125. The highest BCUT2D eigenvalue weighted by Gasteiger charge is 2.28. The van der Waals surface area contributed by atoms with Crippen molar-refractivity contribution < 1.29 is 17.9 Å². The van der Waals surface area contributed by atoms with Crippen LogP contribution in [-0.2, 0) is 26.0 Å². The van der Waals surface area contributed by atoms with E-state index in [1.807, 2.05) is 26.0 Å². The van der Waals surface area contributed by atoms with Crippen LogP contribution in [0.15, 0.2) is 41.3 Å². The maximum Gasteiger partial charge on any atom is 0.243 e. The molecule has 0 aliphatic rings. The van der Waals surface area contributed by atoms with E-state index in [0.29, 0.717) is 0 Å². The molecular weight excluding hydrogens is 346 g/mol. The molecule has 1 aromatic heterocycles. The highest BCUT2D eigenvalue weighted by Crippen LogP contribution is 2.23. The molecule has 0 amide bonds. The lowest BCUT2D eigenvalue weighted by atomic mass is 10.2. The van der Waals surface area contributed by atoms with E-state index in [1.165, 1.54) is 18.5 Å². The molecule has 0 saturated heterocycles. The Bertz CT molecular complexity index is 749. The largest absolute Gasteiger partial charge is 0.354 e. The second-order valence-electron chi connectivity index (χ2n) is 5.52. The standard InChI is InChI=1S/C17H23NO4S2/c1-13-5-9-16(10-6-13)24(19,20)18(12-17(21-3)22-4)11-15-8-7-14(2)23-15/h5-10,17H,11-12H2,1-4H3. The van der Waals surface area contributed by atoms with Gasteiger partial charge in [-0.2, -0.15) is 4.31 Å². The quantitative estimate of drug-likeness (QED) is 0.671. The fourth-order valence-electron chi connectivity index (χ4n) is 2.26. The maximum absolute atomic E-state index is 13.0. The van der Waals surface area contributed by atoms with E-state index >= 15 is 0 Å². The molecule has 0 saturated carbocycles. The zero-order chi connectivity index (χ0) is 17.7. The van der Waals surface area contributed by atoms with Crippen LogP contribution < -0.4 is 0 Å². The average Bonchev–Trinajstić information content (AvgIpc) is 2.96. The molecule has 7 heteroatoms. The van der Waals surface area contributed by atoms with Crippen molar-refractivity contribution in [3.05, 3.63) is 51.7 Å². The summed E-state index contributed by atoms with van der Waals surface area (Å²) in [6.07, 6.45) is -0.619. The average molecular weight is 370 g/mol. The molecule has 1 heterocycles. The number of benzene rings is 1. The van der Waals surface area contributed by atoms with Gasteiger partial charge in [0.2, 0.25) is 10.0 Å². The number of thiophene rings is 1. The number of ether oxygens (including phenoxy) is 2. The molecule has 0 radical (unpaired) electrons. The fraction of sp³-hybridized carbons (Fsp3) is 0.412. The van der Waals surface area contributed by atoms with Gasteiger partial charge in [0.15, 0.2) is 6.29 Å². The van der Waals surface area contributed by atoms with Gasteiger partial charge < -0.3 is 9.47 Å². The van der Waals surface area contributed by atoms with Gasteiger partial charge in [-0.3, -0.25) is 0 Å². The lowest BCUT2D eigenvalue weighted by molar-refractivity contribution is -0.108. The molecule has 1 aromatic carbocycles. The van der Waals surface area contributed by atoms with Crippen LogP contribution in [0, 0.1) is 13.8 Å². The summed E-state index contributed by atoms with van der Waals surface area (Å²) in [6, 6.07) is 10.8. The summed E-state index contributed by atoms with van der Waals surface area (Å²) in [7, 11) is -0.642. The number of sulfonamides is 1. The Hall–Kier alpha value is -1.25. The van der Waals surface area contributed by atoms with Crippen molar-refractivity contribution in [3.8, 4) is 0 Å². The third-order valence-electron chi connectivity index (χ3n) is 3.67. The van der Waals surface area contributed by atoms with Crippen molar-refractivity contribution in [2.75, 3.05) is 20.8 Å². The number of hydrogen-bond acceptors (Lipinski definition) is 5. The lowest BCUT2D eigenvalue weighted by Crippen LogP contribution is -2.38. The van der Waals surface area contributed by atoms with Gasteiger partial charge in [-0.15, -0.1) is 11.3 Å². The summed E-state index contributed by atoms with van der Waals surface area (Å²) < 4.78 is 37.9. The smallest absolute Gasteiger partial charge is 0.243 e. The zero-order valence-corrected chi connectivity index (χ0v) is 16.0. The van der Waals surface area contributed by atoms with Gasteiger partial charge in [-0.1, -0.05) is 17.7 Å². The first kappa shape index (κ1) is 19.1. The first-order chi connectivity index (χ1) is 11.4. The van der Waals surface area contributed by atoms with Crippen molar-refractivity contribution in [2.24, 2.45) is 0 Å². The number of hydrogen-bond donors (Lipinski definition) is 0. The molecule has 0 N–H and O–H groups in total. The van der Waals surface area contributed by atoms with Crippen LogP contribution in [0.1, 0.15) is 15.3 Å². The van der Waals surface area contributed by atoms with Crippen LogP contribution in [0.4, 0.5) is 0 Å². The summed E-state index contributed by atoms with van der Waals surface area (Å²) in [5.74, 6) is 0. The SMILES string of the molecule is COC(CN(Cc1ccc(C)s1)S(=O)(=O)c1ccc(C)cc1)OC. The third kappa shape index (κ3) is 4.64. The molecule has 5 nitrogen and oxygen atoms in total. The first-order valence-corrected chi connectivity index (χ1v) is 9.80. The van der Waals surface area contributed by atoms with Gasteiger partial charge in [0.25, 0.3) is 0 Å². The Balaban J connectivity index is 2.33. The Labute approximate surface area is 147 Å². The van der Waals surface area contributed by atoms with Gasteiger partial charge in [0.05, 0.1) is 11.4 Å². The van der Waals surface area contributed by atoms with Gasteiger partial charge in [-0.25, -0.2) is 8.42 Å². The Morgan fingerprint density at radius 1 is 1.04 bits per heavy atom. The molecule has 2 aromatic rings. The molecule has 0 unspecified atom stereocenters. The monoisotopic (exact) mass is 369 g/mol. The van der Waals surface area contributed by atoms with E-state index < -0.39 is 16.3 Å². The molecule has 0 spiro atoms. The predicted octanol–water partition coefficient (Wildman–Crippen LogP) is 3.17. The fourth-order valence-corrected chi connectivity index (χ4v) is 4.66. The highest BCUT2D eigenvalue weighted by atomic mass is 32.2. The van der Waals surface area contributed by atoms with Gasteiger partial charge in [0.1, 0.15) is 0 Å². The van der Waals surface area contributed by atoms with Crippen molar-refractivity contribution in [3.63, 3.8) is 0 Å². The lowest BCUT2D eigenvalue weighted by Gasteiger charge is -2.25. The summed E-state index contributed by atoms with van der Waals surface area (Å²) in [6.45, 7) is 4.34. The number of aryl methyl sites for hydroxylation is 2. The number of rotatable bonds is 8. The van der Waals surface area contributed by atoms with E-state index in [9.17, 15) is 8.42 Å². The van der Waals surface area contributed by atoms with Crippen molar-refractivity contribution >= 4 is 21.4 Å². The maximum atomic E-state index is 13.0. The number of methoxy groups -OCH3 is 2. The van der Waals surface area contributed by atoms with Crippen LogP contribution in [-0.4, -0.2) is 39.8 Å². The zero-order valence-electron chi connectivity index (χ0n) is 14.4. The third-order valence-corrected chi connectivity index (χ3v) is 6.48. The van der Waals surface area contributed by atoms with Crippen LogP contribution in [0.2, 0.25) is 0 Å². The molecule has 0 fully saturated rings. The molecule has 0 aliphatic heterocycles. The molecular formula is C17H23NO4S2. The van der Waals surface area contributed by atoms with E-state index in [-0.39, 0.29) is 18.0 Å². The normalized spacial score (nSPS) is 12.2. The second-order valence-corrected chi connectivity index (χ2v) is 8.83. The van der Waals surface area contributed by atoms with Crippen LogP contribution in [0.5, 0.6) is 0 Å². The second kappa shape index (κ2) is 8.22. The Morgan fingerprint density at radius 3 is 2.17 bits per heavy atom. The van der Waals surface area contributed by atoms with E-state index in [4.69, 9.17) is 9.47 Å². The minimum Gasteiger partial charge on any atom is -0.354 e. The van der Waals surface area contributed by atoms with E-state index in [0.717, 1.165) is 15.3 Å². The highest BCUT2D eigenvalue weighted by molar-refractivity contribution is 7.89. The van der Waals surface area contributed by atoms with Crippen molar-refractivity contribution in [1.82, 2.24) is 4.31 Å². The minimum atomic E-state index is -3.64. The molecule has 0 aliphatic carbocycles. The molecule has 0 bridgehead atoms. The molecule has 2 rings (SSSR count). The van der Waals surface area contributed by atoms with Crippen molar-refractivity contribution in [1.29, 1.82) is 0 Å². The van der Waals surface area contributed by atoms with E-state index in [2.05, 4.69) is 0 Å². The van der Waals surface area contributed by atoms with Crippen LogP contribution >= 0.6 is 11.3 Å². The first-order valence-electron chi connectivity index (χ1n) is 7.54. The molecule has 24 heavy (non-hydrogen) atoms. The molecule has 132 valence electrons.